The van der Waals surface area contributed by atoms with Crippen molar-refractivity contribution >= 4 is 5.91 Å². The van der Waals surface area contributed by atoms with Gasteiger partial charge in [0.2, 0.25) is 5.91 Å². The molecule has 2 rings (SSSR count). The van der Waals surface area contributed by atoms with Crippen LogP contribution in [0.2, 0.25) is 0 Å². The van der Waals surface area contributed by atoms with Gasteiger partial charge in [0.25, 0.3) is 0 Å². The third kappa shape index (κ3) is 1.67. The van der Waals surface area contributed by atoms with E-state index in [1.807, 2.05) is 12.1 Å². The highest BCUT2D eigenvalue weighted by atomic mass is 16.2. The van der Waals surface area contributed by atoms with Crippen LogP contribution in [-0.2, 0) is 4.79 Å². The van der Waals surface area contributed by atoms with Gasteiger partial charge in [0.05, 0.1) is 0 Å². The number of rotatable bonds is 1. The molecule has 0 unspecified atom stereocenters. The van der Waals surface area contributed by atoms with Crippen molar-refractivity contribution in [2.75, 3.05) is 13.1 Å². The van der Waals surface area contributed by atoms with E-state index in [1.54, 1.807) is 12.4 Å². The minimum atomic E-state index is -0.211. The number of carbonyl (C=O) groups excluding carboxylic acids is 1. The van der Waals surface area contributed by atoms with Gasteiger partial charge in [0.15, 0.2) is 0 Å². The van der Waals surface area contributed by atoms with Gasteiger partial charge in [-0.05, 0) is 17.7 Å². The van der Waals surface area contributed by atoms with Crippen LogP contribution in [0.25, 0.3) is 0 Å². The fourth-order valence-electron chi connectivity index (χ4n) is 1.42. The lowest BCUT2D eigenvalue weighted by Gasteiger charge is -2.23. The number of hydrogen-bond donors (Lipinski definition) is 2. The lowest BCUT2D eigenvalue weighted by atomic mass is 10.1. The summed E-state index contributed by atoms with van der Waals surface area (Å²) in [6, 6.07) is 3.49. The Balaban J connectivity index is 2.20. The molecule has 1 saturated heterocycles. The number of nitrogens with zero attached hydrogens (tertiary/aromatic N) is 1. The Bertz CT molecular complexity index is 299. The zero-order valence-electron chi connectivity index (χ0n) is 7.16. The smallest absolute Gasteiger partial charge is 0.241 e. The predicted octanol–water partition coefficient (Wildman–Crippen LogP) is -0.158. The molecule has 1 amide bonds. The number of hydrogen-bond acceptors (Lipinski definition) is 3. The van der Waals surface area contributed by atoms with Crippen molar-refractivity contribution < 1.29 is 4.79 Å². The van der Waals surface area contributed by atoms with E-state index in [0.29, 0.717) is 6.54 Å². The van der Waals surface area contributed by atoms with Crippen molar-refractivity contribution in [3.05, 3.63) is 30.1 Å². The van der Waals surface area contributed by atoms with Crippen molar-refractivity contribution in [1.29, 1.82) is 0 Å². The first-order valence-electron chi connectivity index (χ1n) is 4.29. The average molecular weight is 177 g/mol. The molecule has 1 aromatic rings. The van der Waals surface area contributed by atoms with Crippen LogP contribution in [0.5, 0.6) is 0 Å². The third-order valence-electron chi connectivity index (χ3n) is 2.07. The summed E-state index contributed by atoms with van der Waals surface area (Å²) in [5.74, 6) is 0.0393. The molecule has 1 aliphatic rings. The molecule has 68 valence electrons. The van der Waals surface area contributed by atoms with E-state index >= 15 is 0 Å². The summed E-state index contributed by atoms with van der Waals surface area (Å²) in [4.78, 5) is 15.3. The van der Waals surface area contributed by atoms with Gasteiger partial charge in [-0.15, -0.1) is 0 Å². The summed E-state index contributed by atoms with van der Waals surface area (Å²) < 4.78 is 0. The zero-order chi connectivity index (χ0) is 9.10. The van der Waals surface area contributed by atoms with Crippen molar-refractivity contribution in [1.82, 2.24) is 15.6 Å². The molecule has 0 bridgehead atoms. The van der Waals surface area contributed by atoms with Gasteiger partial charge in [-0.3, -0.25) is 9.78 Å². The normalized spacial score (nSPS) is 22.5. The number of carbonyl (C=O) groups is 1. The maximum atomic E-state index is 11.4. The maximum Gasteiger partial charge on any atom is 0.241 e. The number of amides is 1. The van der Waals surface area contributed by atoms with E-state index < -0.39 is 0 Å². The molecule has 13 heavy (non-hydrogen) atoms. The number of pyridine rings is 1. The molecule has 0 aliphatic carbocycles. The molecule has 1 aromatic heterocycles. The molecule has 1 atom stereocenters. The Morgan fingerprint density at radius 3 is 2.77 bits per heavy atom. The largest absolute Gasteiger partial charge is 0.353 e. The highest BCUT2D eigenvalue weighted by Gasteiger charge is 2.22. The summed E-state index contributed by atoms with van der Waals surface area (Å²) in [5.41, 5.74) is 0.965. The van der Waals surface area contributed by atoms with Gasteiger partial charge < -0.3 is 10.6 Å². The van der Waals surface area contributed by atoms with E-state index in [2.05, 4.69) is 15.6 Å². The van der Waals surface area contributed by atoms with Crippen molar-refractivity contribution in [3.8, 4) is 0 Å². The SMILES string of the molecule is O=C1NCCN[C@@H]1c1ccncc1. The molecule has 0 saturated carbocycles. The minimum absolute atomic E-state index is 0.0393. The van der Waals surface area contributed by atoms with Crippen LogP contribution >= 0.6 is 0 Å². The second kappa shape index (κ2) is 3.53. The first kappa shape index (κ1) is 8.19. The summed E-state index contributed by atoms with van der Waals surface area (Å²) in [5, 5.41) is 5.95. The summed E-state index contributed by atoms with van der Waals surface area (Å²) in [6.45, 7) is 1.53. The summed E-state index contributed by atoms with van der Waals surface area (Å²) in [6.07, 6.45) is 3.39. The second-order valence-corrected chi connectivity index (χ2v) is 2.96. The summed E-state index contributed by atoms with van der Waals surface area (Å²) in [7, 11) is 0. The van der Waals surface area contributed by atoms with Crippen LogP contribution in [-0.4, -0.2) is 24.0 Å². The highest BCUT2D eigenvalue weighted by Crippen LogP contribution is 2.12. The second-order valence-electron chi connectivity index (χ2n) is 2.96. The molecule has 2 heterocycles. The topological polar surface area (TPSA) is 54.0 Å². The Kier molecular flexibility index (Phi) is 2.23. The molecule has 4 nitrogen and oxygen atoms in total. The lowest BCUT2D eigenvalue weighted by Crippen LogP contribution is -2.47. The fourth-order valence-corrected chi connectivity index (χ4v) is 1.42. The number of piperazine rings is 1. The number of nitrogens with one attached hydrogen (secondary N) is 2. The predicted molar refractivity (Wildman–Crippen MR) is 48.0 cm³/mol. The van der Waals surface area contributed by atoms with E-state index in [1.165, 1.54) is 0 Å². The maximum absolute atomic E-state index is 11.4. The van der Waals surface area contributed by atoms with Crippen molar-refractivity contribution in [2.24, 2.45) is 0 Å². The Morgan fingerprint density at radius 2 is 2.08 bits per heavy atom. The fraction of sp³-hybridized carbons (Fsp3) is 0.333. The number of aromatic nitrogens is 1. The lowest BCUT2D eigenvalue weighted by molar-refractivity contribution is -0.124. The van der Waals surface area contributed by atoms with Gasteiger partial charge in [0, 0.05) is 25.5 Å². The summed E-state index contributed by atoms with van der Waals surface area (Å²) >= 11 is 0. The first-order valence-corrected chi connectivity index (χ1v) is 4.29. The van der Waals surface area contributed by atoms with E-state index in [0.717, 1.165) is 12.1 Å². The zero-order valence-corrected chi connectivity index (χ0v) is 7.16. The average Bonchev–Trinajstić information content (AvgIpc) is 2.20. The Labute approximate surface area is 76.4 Å². The van der Waals surface area contributed by atoms with Crippen LogP contribution in [0, 0.1) is 0 Å². The molecule has 2 N–H and O–H groups in total. The van der Waals surface area contributed by atoms with Crippen LogP contribution in [0.15, 0.2) is 24.5 Å². The molecular weight excluding hydrogens is 166 g/mol. The molecule has 1 fully saturated rings. The standard InChI is InChI=1S/C9H11N3O/c13-9-8(11-5-6-12-9)7-1-3-10-4-2-7/h1-4,8,11H,5-6H2,(H,12,13)/t8-/m1/s1. The van der Waals surface area contributed by atoms with Gasteiger partial charge in [0.1, 0.15) is 6.04 Å². The first-order chi connectivity index (χ1) is 6.38. The molecular formula is C9H11N3O. The van der Waals surface area contributed by atoms with Crippen molar-refractivity contribution in [2.45, 2.75) is 6.04 Å². The van der Waals surface area contributed by atoms with E-state index in [9.17, 15) is 4.79 Å². The Morgan fingerprint density at radius 1 is 1.31 bits per heavy atom. The van der Waals surface area contributed by atoms with E-state index in [-0.39, 0.29) is 11.9 Å². The van der Waals surface area contributed by atoms with Crippen molar-refractivity contribution in [3.63, 3.8) is 0 Å². The van der Waals surface area contributed by atoms with Gasteiger partial charge >= 0.3 is 0 Å². The quantitative estimate of drug-likeness (QED) is 0.627. The van der Waals surface area contributed by atoms with Gasteiger partial charge in [-0.25, -0.2) is 0 Å². The van der Waals surface area contributed by atoms with Crippen LogP contribution in [0.3, 0.4) is 0 Å². The molecule has 4 heteroatoms. The Hall–Kier alpha value is -1.42. The van der Waals surface area contributed by atoms with Gasteiger partial charge in [-0.2, -0.15) is 0 Å². The molecule has 0 spiro atoms. The monoisotopic (exact) mass is 177 g/mol. The van der Waals surface area contributed by atoms with Crippen LogP contribution in [0.4, 0.5) is 0 Å². The molecule has 0 aromatic carbocycles. The molecule has 1 aliphatic heterocycles. The minimum Gasteiger partial charge on any atom is -0.353 e. The molecule has 0 radical (unpaired) electrons. The van der Waals surface area contributed by atoms with E-state index in [4.69, 9.17) is 0 Å². The van der Waals surface area contributed by atoms with Gasteiger partial charge in [-0.1, -0.05) is 0 Å². The van der Waals surface area contributed by atoms with Crippen LogP contribution in [0.1, 0.15) is 11.6 Å². The highest BCUT2D eigenvalue weighted by molar-refractivity contribution is 5.83. The van der Waals surface area contributed by atoms with Crippen LogP contribution < -0.4 is 10.6 Å². The third-order valence-corrected chi connectivity index (χ3v) is 2.07.